The summed E-state index contributed by atoms with van der Waals surface area (Å²) in [7, 11) is 0. The number of benzene rings is 1. The second-order valence-electron chi connectivity index (χ2n) is 3.38. The number of fused-ring (bicyclic) bond motifs is 3. The Morgan fingerprint density at radius 2 is 2.00 bits per heavy atom. The highest BCUT2D eigenvalue weighted by atomic mass is 35.5. The monoisotopic (exact) mass is 235 g/mol. The number of hydrogen-bond donors (Lipinski definition) is 1. The van der Waals surface area contributed by atoms with E-state index in [0.717, 1.165) is 11.1 Å². The largest absolute Gasteiger partial charge is 0.390 e. The van der Waals surface area contributed by atoms with Gasteiger partial charge in [0.2, 0.25) is 0 Å². The van der Waals surface area contributed by atoms with Gasteiger partial charge in [-0.15, -0.1) is 11.3 Å². The molecule has 1 aliphatic rings. The molecule has 0 fully saturated rings. The summed E-state index contributed by atoms with van der Waals surface area (Å²) in [4.78, 5) is 12.0. The van der Waals surface area contributed by atoms with Gasteiger partial charge >= 0.3 is 0 Å². The first-order valence-electron chi connectivity index (χ1n) is 4.40. The number of ketones is 1. The van der Waals surface area contributed by atoms with E-state index in [0.29, 0.717) is 21.2 Å². The van der Waals surface area contributed by atoms with Crippen molar-refractivity contribution in [3.8, 4) is 11.1 Å². The average molecular weight is 236 g/mol. The molecule has 1 aromatic carbocycles. The molecule has 0 radical (unpaired) electrons. The molecule has 1 aromatic heterocycles. The SMILES string of the molecule is Nc1scc2c1C(=O)c1c(Cl)cccc1-2. The van der Waals surface area contributed by atoms with E-state index in [-0.39, 0.29) is 5.78 Å². The highest BCUT2D eigenvalue weighted by Gasteiger charge is 2.31. The number of carbonyl (C=O) groups is 1. The van der Waals surface area contributed by atoms with Crippen LogP contribution in [0.5, 0.6) is 0 Å². The minimum absolute atomic E-state index is 0.0515. The first-order valence-corrected chi connectivity index (χ1v) is 5.66. The first-order chi connectivity index (χ1) is 7.20. The zero-order chi connectivity index (χ0) is 10.6. The zero-order valence-corrected chi connectivity index (χ0v) is 9.15. The van der Waals surface area contributed by atoms with Gasteiger partial charge in [0.05, 0.1) is 15.6 Å². The molecule has 0 aliphatic heterocycles. The molecule has 0 spiro atoms. The zero-order valence-electron chi connectivity index (χ0n) is 7.58. The number of halogens is 1. The third kappa shape index (κ3) is 1.02. The Kier molecular flexibility index (Phi) is 1.69. The van der Waals surface area contributed by atoms with E-state index in [2.05, 4.69) is 0 Å². The number of hydrogen-bond acceptors (Lipinski definition) is 3. The van der Waals surface area contributed by atoms with Gasteiger partial charge in [-0.05, 0) is 11.6 Å². The first kappa shape index (κ1) is 8.95. The number of rotatable bonds is 0. The fourth-order valence-electron chi connectivity index (χ4n) is 1.91. The number of nitrogen functional groups attached to an aromatic ring is 1. The van der Waals surface area contributed by atoms with Crippen molar-refractivity contribution in [3.63, 3.8) is 0 Å². The molecule has 0 saturated carbocycles. The summed E-state index contributed by atoms with van der Waals surface area (Å²) in [6, 6.07) is 5.47. The lowest BCUT2D eigenvalue weighted by atomic mass is 10.1. The maximum atomic E-state index is 12.0. The minimum atomic E-state index is -0.0515. The highest BCUT2D eigenvalue weighted by molar-refractivity contribution is 7.15. The Morgan fingerprint density at radius 3 is 2.80 bits per heavy atom. The summed E-state index contributed by atoms with van der Waals surface area (Å²) < 4.78 is 0. The lowest BCUT2D eigenvalue weighted by Crippen LogP contribution is -1.98. The lowest BCUT2D eigenvalue weighted by Gasteiger charge is -1.99. The Hall–Kier alpha value is -1.32. The smallest absolute Gasteiger partial charge is 0.198 e. The van der Waals surface area contributed by atoms with E-state index in [1.165, 1.54) is 11.3 Å². The standard InChI is InChI=1S/C11H6ClNOS/c12-7-3-1-2-5-6-4-15-11(13)9(6)10(14)8(5)7/h1-4H,13H2. The van der Waals surface area contributed by atoms with Crippen LogP contribution in [0.1, 0.15) is 15.9 Å². The average Bonchev–Trinajstić information content (AvgIpc) is 2.70. The van der Waals surface area contributed by atoms with Crippen molar-refractivity contribution in [2.45, 2.75) is 0 Å². The van der Waals surface area contributed by atoms with E-state index < -0.39 is 0 Å². The van der Waals surface area contributed by atoms with Crippen molar-refractivity contribution in [3.05, 3.63) is 39.7 Å². The van der Waals surface area contributed by atoms with Crippen molar-refractivity contribution in [1.29, 1.82) is 0 Å². The van der Waals surface area contributed by atoms with Crippen LogP contribution in [0.25, 0.3) is 11.1 Å². The predicted octanol–water partition coefficient (Wildman–Crippen LogP) is 3.20. The highest BCUT2D eigenvalue weighted by Crippen LogP contribution is 2.44. The van der Waals surface area contributed by atoms with Crippen LogP contribution in [0.2, 0.25) is 5.02 Å². The second kappa shape index (κ2) is 2.84. The molecule has 1 heterocycles. The van der Waals surface area contributed by atoms with E-state index in [1.54, 1.807) is 6.07 Å². The molecule has 0 bridgehead atoms. The maximum absolute atomic E-state index is 12.0. The van der Waals surface area contributed by atoms with Gasteiger partial charge in [0, 0.05) is 16.5 Å². The normalized spacial score (nSPS) is 12.7. The van der Waals surface area contributed by atoms with Crippen LogP contribution in [-0.4, -0.2) is 5.78 Å². The Morgan fingerprint density at radius 1 is 1.20 bits per heavy atom. The van der Waals surface area contributed by atoms with Gasteiger partial charge in [-0.2, -0.15) is 0 Å². The second-order valence-corrected chi connectivity index (χ2v) is 4.70. The quantitative estimate of drug-likeness (QED) is 0.650. The van der Waals surface area contributed by atoms with Crippen LogP contribution in [0.3, 0.4) is 0 Å². The van der Waals surface area contributed by atoms with Crippen molar-refractivity contribution in [2.75, 3.05) is 5.73 Å². The van der Waals surface area contributed by atoms with Gasteiger partial charge in [0.1, 0.15) is 0 Å². The van der Waals surface area contributed by atoms with Crippen LogP contribution in [-0.2, 0) is 0 Å². The van der Waals surface area contributed by atoms with E-state index >= 15 is 0 Å². The van der Waals surface area contributed by atoms with Gasteiger partial charge < -0.3 is 5.73 Å². The summed E-state index contributed by atoms with van der Waals surface area (Å²) in [5.41, 5.74) is 8.78. The summed E-state index contributed by atoms with van der Waals surface area (Å²) in [6.45, 7) is 0. The van der Waals surface area contributed by atoms with Crippen molar-refractivity contribution in [1.82, 2.24) is 0 Å². The van der Waals surface area contributed by atoms with Gasteiger partial charge in [0.15, 0.2) is 5.78 Å². The van der Waals surface area contributed by atoms with E-state index in [9.17, 15) is 4.79 Å². The molecule has 0 atom stereocenters. The molecular formula is C11H6ClNOS. The molecule has 3 rings (SSSR count). The van der Waals surface area contributed by atoms with Gasteiger partial charge in [-0.25, -0.2) is 0 Å². The van der Waals surface area contributed by atoms with Crippen LogP contribution < -0.4 is 5.73 Å². The van der Waals surface area contributed by atoms with E-state index in [1.807, 2.05) is 17.5 Å². The fraction of sp³-hybridized carbons (Fsp3) is 0. The molecule has 15 heavy (non-hydrogen) atoms. The molecule has 2 aromatic rings. The van der Waals surface area contributed by atoms with Gasteiger partial charge in [0.25, 0.3) is 0 Å². The third-order valence-electron chi connectivity index (χ3n) is 2.58. The number of nitrogens with two attached hydrogens (primary N) is 1. The molecule has 2 N–H and O–H groups in total. The van der Waals surface area contributed by atoms with Crippen molar-refractivity contribution < 1.29 is 4.79 Å². The Balaban J connectivity index is 2.43. The summed E-state index contributed by atoms with van der Waals surface area (Å²) >= 11 is 7.40. The third-order valence-corrected chi connectivity index (χ3v) is 3.70. The van der Waals surface area contributed by atoms with Crippen molar-refractivity contribution >= 4 is 33.7 Å². The van der Waals surface area contributed by atoms with Crippen LogP contribution in [0, 0.1) is 0 Å². The molecule has 0 saturated heterocycles. The Bertz CT molecular complexity index is 588. The fourth-order valence-corrected chi connectivity index (χ4v) is 2.98. The van der Waals surface area contributed by atoms with Crippen LogP contribution in [0.4, 0.5) is 5.00 Å². The van der Waals surface area contributed by atoms with Crippen LogP contribution >= 0.6 is 22.9 Å². The molecule has 1 aliphatic carbocycles. The molecular weight excluding hydrogens is 230 g/mol. The van der Waals surface area contributed by atoms with Gasteiger partial charge in [-0.3, -0.25) is 4.79 Å². The van der Waals surface area contributed by atoms with E-state index in [4.69, 9.17) is 17.3 Å². The predicted molar refractivity (Wildman–Crippen MR) is 62.6 cm³/mol. The van der Waals surface area contributed by atoms with Gasteiger partial charge in [-0.1, -0.05) is 23.7 Å². The lowest BCUT2D eigenvalue weighted by molar-refractivity contribution is 0.104. The number of thiophene rings is 1. The maximum Gasteiger partial charge on any atom is 0.198 e. The molecule has 0 unspecified atom stereocenters. The van der Waals surface area contributed by atoms with Crippen LogP contribution in [0.15, 0.2) is 23.6 Å². The summed E-state index contributed by atoms with van der Waals surface area (Å²) in [6.07, 6.45) is 0. The van der Waals surface area contributed by atoms with Crippen molar-refractivity contribution in [2.24, 2.45) is 0 Å². The molecule has 4 heteroatoms. The minimum Gasteiger partial charge on any atom is -0.390 e. The topological polar surface area (TPSA) is 43.1 Å². The summed E-state index contributed by atoms with van der Waals surface area (Å²) in [5, 5.41) is 2.98. The summed E-state index contributed by atoms with van der Waals surface area (Å²) in [5.74, 6) is -0.0515. The molecule has 2 nitrogen and oxygen atoms in total. The molecule has 0 amide bonds. The number of anilines is 1. The Labute approximate surface area is 95.3 Å². The molecule has 74 valence electrons. The number of carbonyl (C=O) groups excluding carboxylic acids is 1.